The highest BCUT2D eigenvalue weighted by molar-refractivity contribution is 6.33. The van der Waals surface area contributed by atoms with Crippen LogP contribution in [0.4, 0.5) is 5.82 Å². The van der Waals surface area contributed by atoms with E-state index in [2.05, 4.69) is 9.97 Å². The number of ether oxygens (including phenoxy) is 3. The van der Waals surface area contributed by atoms with Crippen LogP contribution in [0.2, 0.25) is 10.0 Å². The summed E-state index contributed by atoms with van der Waals surface area (Å²) in [5.41, 5.74) is 9.38. The molecule has 2 fully saturated rings. The van der Waals surface area contributed by atoms with E-state index in [1.165, 1.54) is 0 Å². The summed E-state index contributed by atoms with van der Waals surface area (Å²) in [5.74, 6) is 0.716. The Kier molecular flexibility index (Phi) is 6.16. The number of anilines is 1. The summed E-state index contributed by atoms with van der Waals surface area (Å²) in [5, 5.41) is 11.1. The van der Waals surface area contributed by atoms with Crippen LogP contribution in [0.1, 0.15) is 30.2 Å². The van der Waals surface area contributed by atoms with Crippen LogP contribution < -0.4 is 10.5 Å². The van der Waals surface area contributed by atoms with Crippen LogP contribution >= 0.6 is 23.2 Å². The van der Waals surface area contributed by atoms with E-state index < -0.39 is 6.10 Å². The van der Waals surface area contributed by atoms with E-state index in [0.29, 0.717) is 29.0 Å². The molecule has 0 radical (unpaired) electrons. The fourth-order valence-corrected chi connectivity index (χ4v) is 4.77. The third-order valence-electron chi connectivity index (χ3n) is 6.11. The summed E-state index contributed by atoms with van der Waals surface area (Å²) in [6.45, 7) is 2.64. The molecular formula is C24H23Cl2N3O4. The normalized spacial score (nSPS) is 25.1. The molecule has 5 rings (SSSR count). The van der Waals surface area contributed by atoms with Gasteiger partial charge in [0.25, 0.3) is 0 Å². The number of rotatable bonds is 5. The number of halogens is 2. The summed E-state index contributed by atoms with van der Waals surface area (Å²) < 4.78 is 17.5. The summed E-state index contributed by atoms with van der Waals surface area (Å²) in [4.78, 5) is 8.92. The summed E-state index contributed by atoms with van der Waals surface area (Å²) in [7, 11) is 0. The zero-order chi connectivity index (χ0) is 23.1. The lowest BCUT2D eigenvalue weighted by atomic mass is 9.96. The van der Waals surface area contributed by atoms with E-state index in [1.54, 1.807) is 30.6 Å². The molecule has 2 unspecified atom stereocenters. The van der Waals surface area contributed by atoms with Crippen molar-refractivity contribution in [1.82, 2.24) is 9.97 Å². The third-order valence-corrected chi connectivity index (χ3v) is 6.69. The standard InChI is InChI=1S/C24H23Cl2N3O4/c1-12(16-7-15(25)3-4-18(16)26)33-21-6-14(9-29-24(21)27)13-2-5-19(28-8-13)17-10-31-23-20(30)11-32-22(17)23/h2-9,12,17,20,22-23,30H,10-11H2,1H3,(H2,27,29)/t12-,17-,20-,22?,23?/m1/s1. The minimum absolute atomic E-state index is 0.00654. The Morgan fingerprint density at radius 1 is 1.03 bits per heavy atom. The van der Waals surface area contributed by atoms with Crippen LogP contribution in [-0.2, 0) is 9.47 Å². The van der Waals surface area contributed by atoms with Gasteiger partial charge in [0.1, 0.15) is 18.3 Å². The minimum Gasteiger partial charge on any atom is -0.482 e. The van der Waals surface area contributed by atoms with Gasteiger partial charge in [-0.1, -0.05) is 29.3 Å². The Morgan fingerprint density at radius 2 is 1.82 bits per heavy atom. The van der Waals surface area contributed by atoms with Crippen molar-refractivity contribution in [2.45, 2.75) is 37.3 Å². The van der Waals surface area contributed by atoms with Crippen molar-refractivity contribution >= 4 is 29.0 Å². The average Bonchev–Trinajstić information content (AvgIpc) is 3.40. The molecular weight excluding hydrogens is 465 g/mol. The smallest absolute Gasteiger partial charge is 0.166 e. The van der Waals surface area contributed by atoms with Gasteiger partial charge >= 0.3 is 0 Å². The highest BCUT2D eigenvalue weighted by atomic mass is 35.5. The number of nitrogen functional groups attached to an aromatic ring is 1. The fourth-order valence-electron chi connectivity index (χ4n) is 4.32. The summed E-state index contributed by atoms with van der Waals surface area (Å²) in [6.07, 6.45) is 2.04. The second kappa shape index (κ2) is 9.08. The monoisotopic (exact) mass is 487 g/mol. The van der Waals surface area contributed by atoms with Gasteiger partial charge < -0.3 is 25.1 Å². The van der Waals surface area contributed by atoms with Gasteiger partial charge in [0.15, 0.2) is 11.6 Å². The van der Waals surface area contributed by atoms with Crippen LogP contribution in [0.25, 0.3) is 11.1 Å². The van der Waals surface area contributed by atoms with Crippen LogP contribution in [-0.4, -0.2) is 46.6 Å². The van der Waals surface area contributed by atoms with Crippen molar-refractivity contribution in [2.24, 2.45) is 0 Å². The molecule has 2 saturated heterocycles. The maximum atomic E-state index is 9.96. The minimum atomic E-state index is -0.581. The largest absolute Gasteiger partial charge is 0.482 e. The van der Waals surface area contributed by atoms with E-state index in [4.69, 9.17) is 43.1 Å². The van der Waals surface area contributed by atoms with E-state index in [-0.39, 0.29) is 30.0 Å². The Labute approximate surface area is 201 Å². The molecule has 9 heteroatoms. The van der Waals surface area contributed by atoms with Gasteiger partial charge in [0.2, 0.25) is 0 Å². The Bertz CT molecular complexity index is 1160. The first kappa shape index (κ1) is 22.4. The molecule has 0 aliphatic carbocycles. The molecule has 0 saturated carbocycles. The van der Waals surface area contributed by atoms with E-state index >= 15 is 0 Å². The predicted molar refractivity (Wildman–Crippen MR) is 126 cm³/mol. The molecule has 0 amide bonds. The van der Waals surface area contributed by atoms with Crippen LogP contribution in [0.3, 0.4) is 0 Å². The van der Waals surface area contributed by atoms with Crippen molar-refractivity contribution in [2.75, 3.05) is 18.9 Å². The molecule has 172 valence electrons. The first-order valence-corrected chi connectivity index (χ1v) is 11.4. The molecule has 2 aliphatic rings. The van der Waals surface area contributed by atoms with Gasteiger partial charge in [0.05, 0.1) is 25.2 Å². The lowest BCUT2D eigenvalue weighted by molar-refractivity contribution is 0.0181. The first-order chi connectivity index (χ1) is 15.9. The number of hydrogen-bond acceptors (Lipinski definition) is 7. The Hall–Kier alpha value is -2.42. The lowest BCUT2D eigenvalue weighted by Gasteiger charge is -2.18. The SMILES string of the molecule is C[C@@H](Oc1cc(-c2ccc([C@H]3COC4C3OC[C@H]4O)nc2)cnc1N)c1cc(Cl)ccc1Cl. The van der Waals surface area contributed by atoms with Gasteiger partial charge in [-0.05, 0) is 37.3 Å². The van der Waals surface area contributed by atoms with Crippen molar-refractivity contribution in [1.29, 1.82) is 0 Å². The van der Waals surface area contributed by atoms with Crippen molar-refractivity contribution in [3.05, 3.63) is 70.1 Å². The molecule has 2 aliphatic heterocycles. The number of hydrogen-bond donors (Lipinski definition) is 2. The zero-order valence-electron chi connectivity index (χ0n) is 17.8. The average molecular weight is 488 g/mol. The molecule has 2 aromatic heterocycles. The summed E-state index contributed by atoms with van der Waals surface area (Å²) in [6, 6.07) is 11.0. The van der Waals surface area contributed by atoms with Crippen LogP contribution in [0.15, 0.2) is 48.8 Å². The van der Waals surface area contributed by atoms with Crippen molar-refractivity contribution in [3.8, 4) is 16.9 Å². The van der Waals surface area contributed by atoms with E-state index in [0.717, 1.165) is 22.4 Å². The number of nitrogens with two attached hydrogens (primary N) is 1. The van der Waals surface area contributed by atoms with Crippen molar-refractivity contribution < 1.29 is 19.3 Å². The highest BCUT2D eigenvalue weighted by Crippen LogP contribution is 2.38. The zero-order valence-corrected chi connectivity index (χ0v) is 19.3. The van der Waals surface area contributed by atoms with Gasteiger partial charge in [-0.15, -0.1) is 0 Å². The van der Waals surface area contributed by atoms with E-state index in [1.807, 2.05) is 25.1 Å². The Morgan fingerprint density at radius 3 is 2.61 bits per heavy atom. The van der Waals surface area contributed by atoms with Crippen molar-refractivity contribution in [3.63, 3.8) is 0 Å². The fraction of sp³-hybridized carbons (Fsp3) is 0.333. The number of aromatic nitrogens is 2. The molecule has 4 heterocycles. The number of benzene rings is 1. The van der Waals surface area contributed by atoms with E-state index in [9.17, 15) is 5.11 Å². The first-order valence-electron chi connectivity index (χ1n) is 10.7. The maximum absolute atomic E-state index is 9.96. The number of fused-ring (bicyclic) bond motifs is 1. The number of aliphatic hydroxyl groups is 1. The molecule has 7 nitrogen and oxygen atoms in total. The lowest BCUT2D eigenvalue weighted by Crippen LogP contribution is -2.28. The second-order valence-corrected chi connectivity index (χ2v) is 9.12. The number of pyridine rings is 2. The van der Waals surface area contributed by atoms with Crippen LogP contribution in [0.5, 0.6) is 5.75 Å². The molecule has 33 heavy (non-hydrogen) atoms. The molecule has 3 aromatic rings. The second-order valence-electron chi connectivity index (χ2n) is 8.27. The molecule has 3 N–H and O–H groups in total. The predicted octanol–water partition coefficient (Wildman–Crippen LogP) is 4.41. The van der Waals surface area contributed by atoms with Crippen LogP contribution in [0, 0.1) is 0 Å². The van der Waals surface area contributed by atoms with Gasteiger partial charge in [-0.25, -0.2) is 4.98 Å². The Balaban J connectivity index is 1.35. The summed E-state index contributed by atoms with van der Waals surface area (Å²) >= 11 is 12.4. The van der Waals surface area contributed by atoms with Gasteiger partial charge in [0, 0.05) is 44.8 Å². The quantitative estimate of drug-likeness (QED) is 0.549. The molecule has 1 aromatic carbocycles. The molecule has 0 spiro atoms. The number of aliphatic hydroxyl groups excluding tert-OH is 1. The van der Waals surface area contributed by atoms with Gasteiger partial charge in [-0.3, -0.25) is 4.98 Å². The third kappa shape index (κ3) is 4.39. The highest BCUT2D eigenvalue weighted by Gasteiger charge is 2.48. The molecule has 0 bridgehead atoms. The topological polar surface area (TPSA) is 99.7 Å². The molecule has 5 atom stereocenters. The van der Waals surface area contributed by atoms with Gasteiger partial charge in [-0.2, -0.15) is 0 Å². The number of nitrogens with zero attached hydrogens (tertiary/aromatic N) is 2. The maximum Gasteiger partial charge on any atom is 0.166 e.